The van der Waals surface area contributed by atoms with E-state index >= 15 is 0 Å². The Morgan fingerprint density at radius 2 is 2.00 bits per heavy atom. The molecule has 0 bridgehead atoms. The fraction of sp³-hybridized carbons (Fsp3) is 0.471. The molecule has 10 heteroatoms. The fourth-order valence-electron chi connectivity index (χ4n) is 2.98. The van der Waals surface area contributed by atoms with Crippen molar-refractivity contribution in [2.24, 2.45) is 5.92 Å². The van der Waals surface area contributed by atoms with Crippen LogP contribution in [0, 0.1) is 11.7 Å². The molecule has 0 radical (unpaired) electrons. The van der Waals surface area contributed by atoms with E-state index in [1.54, 1.807) is 15.8 Å². The summed E-state index contributed by atoms with van der Waals surface area (Å²) in [6.45, 7) is 1.09. The second-order valence-corrected chi connectivity index (χ2v) is 6.88. The number of carbonyl (C=O) groups is 1. The van der Waals surface area contributed by atoms with Crippen molar-refractivity contribution >= 4 is 5.91 Å². The minimum absolute atomic E-state index is 0.00733. The average Bonchev–Trinajstić information content (AvgIpc) is 3.21. The van der Waals surface area contributed by atoms with Gasteiger partial charge in [0.05, 0.1) is 12.2 Å². The van der Waals surface area contributed by atoms with Gasteiger partial charge in [0.15, 0.2) is 11.6 Å². The van der Waals surface area contributed by atoms with Gasteiger partial charge in [-0.3, -0.25) is 4.79 Å². The molecule has 0 atom stereocenters. The van der Waals surface area contributed by atoms with Gasteiger partial charge in [-0.2, -0.15) is 0 Å². The van der Waals surface area contributed by atoms with E-state index in [0.717, 1.165) is 25.0 Å². The molecule has 6 nitrogen and oxygen atoms in total. The summed E-state index contributed by atoms with van der Waals surface area (Å²) in [5.74, 6) is -1.35. The number of carbonyl (C=O) groups excluding carboxylic acids is 1. The minimum Gasteiger partial charge on any atom is -0.403 e. The van der Waals surface area contributed by atoms with Crippen LogP contribution >= 0.6 is 0 Å². The van der Waals surface area contributed by atoms with Crippen LogP contribution in [-0.2, 0) is 4.79 Å². The molecular weight excluding hydrogens is 368 g/mol. The number of ether oxygens (including phenoxy) is 1. The zero-order valence-electron chi connectivity index (χ0n) is 14.1. The van der Waals surface area contributed by atoms with E-state index in [1.807, 2.05) is 0 Å². The van der Waals surface area contributed by atoms with Gasteiger partial charge in [0.25, 0.3) is 0 Å². The smallest absolute Gasteiger partial charge is 0.403 e. The van der Waals surface area contributed by atoms with Crippen molar-refractivity contribution in [3.8, 4) is 17.0 Å². The predicted octanol–water partition coefficient (Wildman–Crippen LogP) is 3.17. The molecule has 1 aromatic carbocycles. The topological polar surface area (TPSA) is 60.2 Å². The molecule has 1 aliphatic carbocycles. The molecule has 1 saturated carbocycles. The molecule has 0 N–H and O–H groups in total. The third-order valence-electron chi connectivity index (χ3n) is 4.71. The maximum absolute atomic E-state index is 13.8. The molecule has 1 aliphatic heterocycles. The van der Waals surface area contributed by atoms with Crippen molar-refractivity contribution in [2.75, 3.05) is 13.1 Å². The number of aromatic nitrogens is 3. The molecule has 27 heavy (non-hydrogen) atoms. The predicted molar refractivity (Wildman–Crippen MR) is 85.1 cm³/mol. The Kier molecular flexibility index (Phi) is 4.27. The Morgan fingerprint density at radius 3 is 2.63 bits per heavy atom. The van der Waals surface area contributed by atoms with Crippen LogP contribution in [0.25, 0.3) is 11.3 Å². The van der Waals surface area contributed by atoms with E-state index in [9.17, 15) is 22.4 Å². The van der Waals surface area contributed by atoms with Gasteiger partial charge in [-0.05, 0) is 37.0 Å². The highest BCUT2D eigenvalue weighted by molar-refractivity contribution is 5.77. The molecule has 1 amide bonds. The fourth-order valence-corrected chi connectivity index (χ4v) is 2.98. The first-order chi connectivity index (χ1) is 12.8. The van der Waals surface area contributed by atoms with Crippen molar-refractivity contribution in [1.29, 1.82) is 0 Å². The van der Waals surface area contributed by atoms with E-state index in [0.29, 0.717) is 31.1 Å². The summed E-state index contributed by atoms with van der Waals surface area (Å²) in [4.78, 5) is 13.8. The van der Waals surface area contributed by atoms with Crippen molar-refractivity contribution in [2.45, 2.75) is 31.7 Å². The van der Waals surface area contributed by atoms with E-state index < -0.39 is 17.9 Å². The molecule has 1 saturated heterocycles. The summed E-state index contributed by atoms with van der Waals surface area (Å²) in [5.41, 5.74) is 0.615. The number of benzene rings is 1. The van der Waals surface area contributed by atoms with E-state index in [2.05, 4.69) is 15.0 Å². The Bertz CT molecular complexity index is 857. The second-order valence-electron chi connectivity index (χ2n) is 6.88. The lowest BCUT2D eigenvalue weighted by Gasteiger charge is -2.39. The number of hydrogen-bond donors (Lipinski definition) is 0. The van der Waals surface area contributed by atoms with Gasteiger partial charge in [0.2, 0.25) is 5.91 Å². The first-order valence-electron chi connectivity index (χ1n) is 8.54. The Balaban J connectivity index is 1.39. The van der Waals surface area contributed by atoms with Gasteiger partial charge in [-0.1, -0.05) is 5.21 Å². The second kappa shape index (κ2) is 6.50. The van der Waals surface area contributed by atoms with Gasteiger partial charge in [-0.15, -0.1) is 18.3 Å². The van der Waals surface area contributed by atoms with Crippen LogP contribution in [0.4, 0.5) is 17.6 Å². The van der Waals surface area contributed by atoms with Crippen molar-refractivity contribution in [3.63, 3.8) is 0 Å². The number of alkyl halides is 3. The Morgan fingerprint density at radius 1 is 1.26 bits per heavy atom. The SMILES string of the molecule is O=C(CC1CC1)N1CC(n2cc(-c3ccc(OC(F)(F)F)c(F)c3)nn2)C1. The highest BCUT2D eigenvalue weighted by atomic mass is 19.4. The molecule has 2 aromatic rings. The lowest BCUT2D eigenvalue weighted by molar-refractivity contribution is -0.275. The quantitative estimate of drug-likeness (QED) is 0.743. The van der Waals surface area contributed by atoms with Crippen molar-refractivity contribution in [3.05, 3.63) is 30.2 Å². The highest BCUT2D eigenvalue weighted by Crippen LogP contribution is 2.34. The minimum atomic E-state index is -4.96. The number of halogens is 4. The molecule has 1 aromatic heterocycles. The van der Waals surface area contributed by atoms with Crippen LogP contribution in [0.1, 0.15) is 25.3 Å². The van der Waals surface area contributed by atoms with Gasteiger partial charge in [0, 0.05) is 25.1 Å². The lowest BCUT2D eigenvalue weighted by Crippen LogP contribution is -2.51. The van der Waals surface area contributed by atoms with Crippen LogP contribution in [0.5, 0.6) is 5.75 Å². The maximum atomic E-state index is 13.8. The van der Waals surface area contributed by atoms with E-state index in [-0.39, 0.29) is 17.5 Å². The first kappa shape index (κ1) is 17.7. The third-order valence-corrected chi connectivity index (χ3v) is 4.71. The summed E-state index contributed by atoms with van der Waals surface area (Å²) < 4.78 is 55.6. The Labute approximate surface area is 151 Å². The summed E-state index contributed by atoms with van der Waals surface area (Å²) in [6.07, 6.45) is -0.524. The summed E-state index contributed by atoms with van der Waals surface area (Å²) in [5, 5.41) is 7.93. The summed E-state index contributed by atoms with van der Waals surface area (Å²) >= 11 is 0. The van der Waals surface area contributed by atoms with Crippen LogP contribution in [0.15, 0.2) is 24.4 Å². The van der Waals surface area contributed by atoms with E-state index in [1.165, 1.54) is 6.07 Å². The molecular formula is C17H16F4N4O2. The van der Waals surface area contributed by atoms with Crippen LogP contribution in [0.2, 0.25) is 0 Å². The number of hydrogen-bond acceptors (Lipinski definition) is 4. The van der Waals surface area contributed by atoms with Gasteiger partial charge < -0.3 is 9.64 Å². The van der Waals surface area contributed by atoms with Gasteiger partial charge in [-0.25, -0.2) is 9.07 Å². The largest absolute Gasteiger partial charge is 0.573 e. The molecule has 144 valence electrons. The molecule has 4 rings (SSSR count). The lowest BCUT2D eigenvalue weighted by atomic mass is 10.1. The molecule has 0 spiro atoms. The molecule has 2 fully saturated rings. The van der Waals surface area contributed by atoms with Gasteiger partial charge >= 0.3 is 6.36 Å². The number of rotatable bonds is 5. The molecule has 2 aliphatic rings. The van der Waals surface area contributed by atoms with E-state index in [4.69, 9.17) is 0 Å². The van der Waals surface area contributed by atoms with Crippen LogP contribution < -0.4 is 4.74 Å². The van der Waals surface area contributed by atoms with Gasteiger partial charge in [0.1, 0.15) is 5.69 Å². The summed E-state index contributed by atoms with van der Waals surface area (Å²) in [7, 11) is 0. The monoisotopic (exact) mass is 384 g/mol. The van der Waals surface area contributed by atoms with Crippen LogP contribution in [-0.4, -0.2) is 45.3 Å². The molecule has 0 unspecified atom stereocenters. The number of nitrogens with zero attached hydrogens (tertiary/aromatic N) is 4. The number of likely N-dealkylation sites (tertiary alicyclic amines) is 1. The summed E-state index contributed by atoms with van der Waals surface area (Å²) in [6, 6.07) is 3.10. The van der Waals surface area contributed by atoms with Crippen molar-refractivity contribution < 1.29 is 27.1 Å². The first-order valence-corrected chi connectivity index (χ1v) is 8.54. The molecule has 2 heterocycles. The third kappa shape index (κ3) is 4.04. The average molecular weight is 384 g/mol. The maximum Gasteiger partial charge on any atom is 0.573 e. The zero-order chi connectivity index (χ0) is 19.2. The number of amides is 1. The van der Waals surface area contributed by atoms with Crippen molar-refractivity contribution in [1.82, 2.24) is 19.9 Å². The highest BCUT2D eigenvalue weighted by Gasteiger charge is 2.35. The standard InChI is InChI=1S/C17H16F4N4O2/c18-13-6-11(3-4-15(13)27-17(19,20)21)14-9-25(23-22-14)12-7-24(8-12)16(26)5-10-1-2-10/h3-4,6,9-10,12H,1-2,5,7-8H2. The van der Waals surface area contributed by atoms with Crippen LogP contribution in [0.3, 0.4) is 0 Å². The Hall–Kier alpha value is -2.65. The normalized spacial score (nSPS) is 17.7. The zero-order valence-corrected chi connectivity index (χ0v) is 14.1.